The first-order valence-electron chi connectivity index (χ1n) is 4.15. The highest BCUT2D eigenvalue weighted by Crippen LogP contribution is 2.09. The van der Waals surface area contributed by atoms with Gasteiger partial charge in [0, 0.05) is 14.1 Å². The molecule has 0 aliphatic heterocycles. The van der Waals surface area contributed by atoms with E-state index in [-0.39, 0.29) is 0 Å². The van der Waals surface area contributed by atoms with Gasteiger partial charge in [-0.05, 0) is 0 Å². The van der Waals surface area contributed by atoms with Crippen molar-refractivity contribution in [2.75, 3.05) is 14.2 Å². The summed E-state index contributed by atoms with van der Waals surface area (Å²) in [5, 5.41) is 0. The third-order valence-corrected chi connectivity index (χ3v) is 2.04. The van der Waals surface area contributed by atoms with Crippen LogP contribution in [0.3, 0.4) is 0 Å². The van der Waals surface area contributed by atoms with Gasteiger partial charge in [0.15, 0.2) is 11.1 Å². The van der Waals surface area contributed by atoms with E-state index in [2.05, 4.69) is 19.9 Å². The van der Waals surface area contributed by atoms with Crippen LogP contribution in [0.25, 0.3) is 11.2 Å². The summed E-state index contributed by atoms with van der Waals surface area (Å²) in [6.45, 7) is 0. The maximum Gasteiger partial charge on any atom is 0.299 e. The fourth-order valence-corrected chi connectivity index (χ4v) is 1.36. The average Bonchev–Trinajstić information content (AvgIpc) is 2.68. The van der Waals surface area contributed by atoms with Gasteiger partial charge >= 0.3 is 0 Å². The molecule has 2 aromatic heterocycles. The van der Waals surface area contributed by atoms with E-state index in [0.29, 0.717) is 11.5 Å². The van der Waals surface area contributed by atoms with E-state index < -0.39 is 0 Å². The maximum absolute atomic E-state index is 5.10. The van der Waals surface area contributed by atoms with Gasteiger partial charge in [0.25, 0.3) is 6.01 Å². The molecule has 0 aliphatic rings. The standard InChI is InChI=1S/C8H11N5O/c1-9-6-5-7(11-4-10-5)13(2)8(12-6)14-3/h4H,1-3H3,(H,10,11). The Bertz CT molecular complexity index is 524. The molecule has 74 valence electrons. The van der Waals surface area contributed by atoms with Crippen molar-refractivity contribution in [2.24, 2.45) is 12.0 Å². The van der Waals surface area contributed by atoms with Crippen molar-refractivity contribution < 1.29 is 4.74 Å². The Kier molecular flexibility index (Phi) is 1.95. The fraction of sp³-hybridized carbons (Fsp3) is 0.375. The minimum absolute atomic E-state index is 0.491. The highest BCUT2D eigenvalue weighted by molar-refractivity contribution is 5.69. The molecule has 0 spiro atoms. The molecule has 0 atom stereocenters. The van der Waals surface area contributed by atoms with E-state index in [4.69, 9.17) is 4.74 Å². The normalized spacial score (nSPS) is 12.4. The number of nitrogens with zero attached hydrogens (tertiary/aromatic N) is 4. The lowest BCUT2D eigenvalue weighted by Gasteiger charge is -2.05. The van der Waals surface area contributed by atoms with Crippen LogP contribution in [0.15, 0.2) is 11.3 Å². The second kappa shape index (κ2) is 3.13. The number of rotatable bonds is 1. The topological polar surface area (TPSA) is 68.1 Å². The van der Waals surface area contributed by atoms with E-state index in [9.17, 15) is 0 Å². The molecule has 0 aliphatic carbocycles. The molecular formula is C8H11N5O. The average molecular weight is 193 g/mol. The first-order valence-corrected chi connectivity index (χ1v) is 4.15. The Balaban J connectivity index is 2.95. The Morgan fingerprint density at radius 1 is 1.57 bits per heavy atom. The molecule has 0 saturated carbocycles. The molecule has 2 heterocycles. The number of ether oxygens (including phenoxy) is 1. The summed E-state index contributed by atoms with van der Waals surface area (Å²) >= 11 is 0. The van der Waals surface area contributed by atoms with Gasteiger partial charge in [-0.25, -0.2) is 4.98 Å². The fourth-order valence-electron chi connectivity index (χ4n) is 1.36. The van der Waals surface area contributed by atoms with Crippen molar-refractivity contribution in [1.29, 1.82) is 0 Å². The van der Waals surface area contributed by atoms with E-state index in [1.54, 1.807) is 25.1 Å². The molecule has 6 nitrogen and oxygen atoms in total. The number of fused-ring (bicyclic) bond motifs is 1. The summed E-state index contributed by atoms with van der Waals surface area (Å²) in [5.74, 6) is 0. The van der Waals surface area contributed by atoms with Crippen LogP contribution < -0.4 is 10.2 Å². The van der Waals surface area contributed by atoms with Crippen molar-refractivity contribution in [3.05, 3.63) is 11.8 Å². The number of aryl methyl sites for hydroxylation is 1. The summed E-state index contributed by atoms with van der Waals surface area (Å²) in [6.07, 6.45) is 1.61. The van der Waals surface area contributed by atoms with Crippen LogP contribution in [-0.4, -0.2) is 33.7 Å². The van der Waals surface area contributed by atoms with Crippen molar-refractivity contribution in [1.82, 2.24) is 19.5 Å². The number of hydrogen-bond acceptors (Lipinski definition) is 4. The second-order valence-electron chi connectivity index (χ2n) is 2.81. The number of H-pyrrole nitrogens is 1. The maximum atomic E-state index is 5.10. The summed E-state index contributed by atoms with van der Waals surface area (Å²) in [4.78, 5) is 15.4. The molecule has 2 aromatic rings. The van der Waals surface area contributed by atoms with Crippen molar-refractivity contribution in [3.63, 3.8) is 0 Å². The Morgan fingerprint density at radius 3 is 3.00 bits per heavy atom. The van der Waals surface area contributed by atoms with Gasteiger partial charge < -0.3 is 9.72 Å². The van der Waals surface area contributed by atoms with Gasteiger partial charge in [-0.3, -0.25) is 9.56 Å². The Hall–Kier alpha value is -1.85. The Labute approximate surface area is 80.3 Å². The number of methoxy groups -OCH3 is 1. The smallest absolute Gasteiger partial charge is 0.299 e. The molecule has 14 heavy (non-hydrogen) atoms. The molecule has 1 N–H and O–H groups in total. The molecule has 0 amide bonds. The lowest BCUT2D eigenvalue weighted by atomic mass is 10.5. The van der Waals surface area contributed by atoms with Crippen LogP contribution in [0.4, 0.5) is 0 Å². The zero-order valence-electron chi connectivity index (χ0n) is 8.27. The molecule has 0 saturated heterocycles. The van der Waals surface area contributed by atoms with E-state index in [0.717, 1.165) is 11.2 Å². The zero-order valence-corrected chi connectivity index (χ0v) is 8.27. The molecule has 2 rings (SSSR count). The first-order chi connectivity index (χ1) is 6.77. The lowest BCUT2D eigenvalue weighted by molar-refractivity contribution is 0.361. The highest BCUT2D eigenvalue weighted by atomic mass is 16.5. The molecule has 0 unspecified atom stereocenters. The van der Waals surface area contributed by atoms with E-state index >= 15 is 0 Å². The van der Waals surface area contributed by atoms with Crippen molar-refractivity contribution >= 4 is 11.2 Å². The molecule has 0 radical (unpaired) electrons. The van der Waals surface area contributed by atoms with Gasteiger partial charge in [0.2, 0.25) is 0 Å². The van der Waals surface area contributed by atoms with Gasteiger partial charge in [-0.1, -0.05) is 0 Å². The summed E-state index contributed by atoms with van der Waals surface area (Å²) < 4.78 is 6.87. The first kappa shape index (κ1) is 8.74. The van der Waals surface area contributed by atoms with Gasteiger partial charge in [0.1, 0.15) is 5.52 Å². The SMILES string of the molecule is CN=c1nc(OC)n(C)c2nc[nH]c12. The monoisotopic (exact) mass is 193 g/mol. The molecule has 0 fully saturated rings. The van der Waals surface area contributed by atoms with Crippen LogP contribution in [0.1, 0.15) is 0 Å². The van der Waals surface area contributed by atoms with E-state index in [1.807, 2.05) is 7.05 Å². The summed E-state index contributed by atoms with van der Waals surface area (Å²) in [6, 6.07) is 0.491. The number of hydrogen-bond donors (Lipinski definition) is 1. The highest BCUT2D eigenvalue weighted by Gasteiger charge is 2.07. The van der Waals surface area contributed by atoms with Crippen LogP contribution in [0, 0.1) is 0 Å². The molecule has 0 bridgehead atoms. The number of imidazole rings is 1. The number of aromatic amines is 1. The van der Waals surface area contributed by atoms with Gasteiger partial charge in [-0.15, -0.1) is 0 Å². The van der Waals surface area contributed by atoms with Crippen molar-refractivity contribution in [3.8, 4) is 6.01 Å². The van der Waals surface area contributed by atoms with Crippen LogP contribution in [0.2, 0.25) is 0 Å². The molecule has 6 heteroatoms. The minimum atomic E-state index is 0.491. The van der Waals surface area contributed by atoms with Crippen LogP contribution in [-0.2, 0) is 7.05 Å². The predicted octanol–water partition coefficient (Wildman–Crippen LogP) is -0.165. The predicted molar refractivity (Wildman–Crippen MR) is 50.9 cm³/mol. The minimum Gasteiger partial charge on any atom is -0.468 e. The summed E-state index contributed by atoms with van der Waals surface area (Å²) in [5.41, 5.74) is 2.20. The van der Waals surface area contributed by atoms with E-state index in [1.165, 1.54) is 0 Å². The zero-order chi connectivity index (χ0) is 10.1. The molecular weight excluding hydrogens is 182 g/mol. The van der Waals surface area contributed by atoms with Gasteiger partial charge in [-0.2, -0.15) is 4.98 Å². The van der Waals surface area contributed by atoms with Gasteiger partial charge in [0.05, 0.1) is 13.4 Å². The third kappa shape index (κ3) is 1.07. The third-order valence-electron chi connectivity index (χ3n) is 2.04. The number of aromatic nitrogens is 4. The largest absolute Gasteiger partial charge is 0.468 e. The lowest BCUT2D eigenvalue weighted by Crippen LogP contribution is -2.15. The molecule has 0 aromatic carbocycles. The Morgan fingerprint density at radius 2 is 2.36 bits per heavy atom. The second-order valence-corrected chi connectivity index (χ2v) is 2.81. The quantitative estimate of drug-likeness (QED) is 0.684. The van der Waals surface area contributed by atoms with Crippen LogP contribution >= 0.6 is 0 Å². The van der Waals surface area contributed by atoms with Crippen LogP contribution in [0.5, 0.6) is 6.01 Å². The number of nitrogens with one attached hydrogen (secondary N) is 1. The summed E-state index contributed by atoms with van der Waals surface area (Å²) in [7, 11) is 5.09. The van der Waals surface area contributed by atoms with Crippen molar-refractivity contribution in [2.45, 2.75) is 0 Å².